The smallest absolute Gasteiger partial charge is 0.0991 e. The molecule has 0 amide bonds. The first-order chi connectivity index (χ1) is 9.29. The highest BCUT2D eigenvalue weighted by Gasteiger charge is 2.05. The summed E-state index contributed by atoms with van der Waals surface area (Å²) in [6.45, 7) is 2.52. The summed E-state index contributed by atoms with van der Waals surface area (Å²) in [4.78, 5) is 5.48. The third kappa shape index (κ3) is 3.92. The van der Waals surface area contributed by atoms with Crippen LogP contribution < -0.4 is 5.48 Å². The standard InChI is InChI=1S/C16H16N2O/c1-13(16-9-5-8-15(10-16)11-17)18-19-12-14-6-3-2-4-7-14/h2-10,13,18H,12H2,1H3. The SMILES string of the molecule is CC(NOCc1ccccc1)c1cccc(C#N)c1. The van der Waals surface area contributed by atoms with E-state index < -0.39 is 0 Å². The van der Waals surface area contributed by atoms with Crippen LogP contribution in [0.5, 0.6) is 0 Å². The van der Waals surface area contributed by atoms with Gasteiger partial charge in [-0.15, -0.1) is 0 Å². The summed E-state index contributed by atoms with van der Waals surface area (Å²) in [7, 11) is 0. The van der Waals surface area contributed by atoms with Gasteiger partial charge >= 0.3 is 0 Å². The quantitative estimate of drug-likeness (QED) is 0.830. The minimum Gasteiger partial charge on any atom is -0.296 e. The molecule has 1 N–H and O–H groups in total. The summed E-state index contributed by atoms with van der Waals surface area (Å²) in [6.07, 6.45) is 0. The van der Waals surface area contributed by atoms with E-state index >= 15 is 0 Å². The first kappa shape index (κ1) is 13.3. The van der Waals surface area contributed by atoms with Gasteiger partial charge in [0.1, 0.15) is 0 Å². The van der Waals surface area contributed by atoms with E-state index in [1.807, 2.05) is 55.5 Å². The lowest BCUT2D eigenvalue weighted by Gasteiger charge is -2.14. The van der Waals surface area contributed by atoms with Crippen molar-refractivity contribution in [2.45, 2.75) is 19.6 Å². The monoisotopic (exact) mass is 252 g/mol. The van der Waals surface area contributed by atoms with Gasteiger partial charge in [0.05, 0.1) is 24.3 Å². The zero-order valence-electron chi connectivity index (χ0n) is 10.8. The minimum absolute atomic E-state index is 0.0389. The van der Waals surface area contributed by atoms with Crippen LogP contribution in [0.15, 0.2) is 54.6 Å². The van der Waals surface area contributed by atoms with Crippen molar-refractivity contribution in [2.24, 2.45) is 0 Å². The fraction of sp³-hybridized carbons (Fsp3) is 0.188. The molecule has 3 heteroatoms. The molecule has 0 heterocycles. The lowest BCUT2D eigenvalue weighted by molar-refractivity contribution is 0.00698. The molecular formula is C16H16N2O. The van der Waals surface area contributed by atoms with E-state index in [-0.39, 0.29) is 6.04 Å². The number of hydrogen-bond acceptors (Lipinski definition) is 3. The second kappa shape index (κ2) is 6.69. The molecule has 0 radical (unpaired) electrons. The van der Waals surface area contributed by atoms with Gasteiger partial charge in [0.25, 0.3) is 0 Å². The van der Waals surface area contributed by atoms with Gasteiger partial charge in [-0.1, -0.05) is 42.5 Å². The number of nitrogens with one attached hydrogen (secondary N) is 1. The Kier molecular flexibility index (Phi) is 4.68. The number of hydrogen-bond donors (Lipinski definition) is 1. The van der Waals surface area contributed by atoms with Crippen LogP contribution in [0.4, 0.5) is 0 Å². The predicted molar refractivity (Wildman–Crippen MR) is 73.9 cm³/mol. The van der Waals surface area contributed by atoms with Gasteiger partial charge in [-0.2, -0.15) is 10.7 Å². The third-order valence-electron chi connectivity index (χ3n) is 2.86. The van der Waals surface area contributed by atoms with Gasteiger partial charge in [-0.05, 0) is 30.2 Å². The molecule has 1 atom stereocenters. The van der Waals surface area contributed by atoms with Crippen molar-refractivity contribution in [1.82, 2.24) is 5.48 Å². The van der Waals surface area contributed by atoms with E-state index in [2.05, 4.69) is 11.5 Å². The van der Waals surface area contributed by atoms with Crippen LogP contribution >= 0.6 is 0 Å². The average molecular weight is 252 g/mol. The van der Waals surface area contributed by atoms with Crippen LogP contribution in [0.1, 0.15) is 29.7 Å². The normalized spacial score (nSPS) is 11.8. The molecule has 0 aromatic heterocycles. The van der Waals surface area contributed by atoms with E-state index in [0.29, 0.717) is 12.2 Å². The lowest BCUT2D eigenvalue weighted by atomic mass is 10.1. The number of benzene rings is 2. The molecular weight excluding hydrogens is 236 g/mol. The van der Waals surface area contributed by atoms with Gasteiger partial charge in [0.2, 0.25) is 0 Å². The molecule has 0 spiro atoms. The fourth-order valence-electron chi connectivity index (χ4n) is 1.77. The Hall–Kier alpha value is -2.15. The fourth-order valence-corrected chi connectivity index (χ4v) is 1.77. The number of rotatable bonds is 5. The van der Waals surface area contributed by atoms with Crippen LogP contribution in [0.25, 0.3) is 0 Å². The van der Waals surface area contributed by atoms with E-state index in [1.165, 1.54) is 0 Å². The topological polar surface area (TPSA) is 45.0 Å². The summed E-state index contributed by atoms with van der Waals surface area (Å²) in [5, 5.41) is 8.87. The first-order valence-corrected chi connectivity index (χ1v) is 6.21. The Labute approximate surface area is 113 Å². The highest BCUT2D eigenvalue weighted by molar-refractivity contribution is 5.33. The molecule has 0 fully saturated rings. The van der Waals surface area contributed by atoms with Gasteiger partial charge in [0, 0.05) is 0 Å². The van der Waals surface area contributed by atoms with Crippen molar-refractivity contribution in [2.75, 3.05) is 0 Å². The summed E-state index contributed by atoms with van der Waals surface area (Å²) >= 11 is 0. The molecule has 1 unspecified atom stereocenters. The highest BCUT2D eigenvalue weighted by atomic mass is 16.6. The second-order valence-corrected chi connectivity index (χ2v) is 4.35. The van der Waals surface area contributed by atoms with Crippen molar-refractivity contribution in [1.29, 1.82) is 5.26 Å². The molecule has 0 bridgehead atoms. The van der Waals surface area contributed by atoms with Crippen LogP contribution in [-0.2, 0) is 11.4 Å². The largest absolute Gasteiger partial charge is 0.296 e. The highest BCUT2D eigenvalue weighted by Crippen LogP contribution is 2.14. The Morgan fingerprint density at radius 3 is 2.68 bits per heavy atom. The second-order valence-electron chi connectivity index (χ2n) is 4.35. The molecule has 0 aliphatic rings. The molecule has 2 aromatic carbocycles. The number of hydroxylamine groups is 1. The van der Waals surface area contributed by atoms with Crippen LogP contribution in [0, 0.1) is 11.3 Å². The summed E-state index contributed by atoms with van der Waals surface area (Å²) in [6, 6.07) is 19.7. The van der Waals surface area contributed by atoms with Crippen LogP contribution in [0.3, 0.4) is 0 Å². The average Bonchev–Trinajstić information content (AvgIpc) is 2.48. The lowest BCUT2D eigenvalue weighted by Crippen LogP contribution is -2.19. The summed E-state index contributed by atoms with van der Waals surface area (Å²) in [5.41, 5.74) is 5.80. The maximum absolute atomic E-state index is 8.87. The Balaban J connectivity index is 1.87. The van der Waals surface area contributed by atoms with Crippen molar-refractivity contribution in [3.63, 3.8) is 0 Å². The van der Waals surface area contributed by atoms with Gasteiger partial charge in [0.15, 0.2) is 0 Å². The number of nitriles is 1. The molecule has 0 saturated heterocycles. The van der Waals surface area contributed by atoms with E-state index in [0.717, 1.165) is 11.1 Å². The molecule has 96 valence electrons. The zero-order valence-corrected chi connectivity index (χ0v) is 10.8. The van der Waals surface area contributed by atoms with E-state index in [9.17, 15) is 0 Å². The van der Waals surface area contributed by atoms with Gasteiger partial charge in [-0.25, -0.2) is 0 Å². The molecule has 2 aromatic rings. The molecule has 0 aliphatic heterocycles. The Morgan fingerprint density at radius 1 is 1.16 bits per heavy atom. The maximum atomic E-state index is 8.87. The van der Waals surface area contributed by atoms with E-state index in [1.54, 1.807) is 6.07 Å². The van der Waals surface area contributed by atoms with Gasteiger partial charge < -0.3 is 0 Å². The first-order valence-electron chi connectivity index (χ1n) is 6.21. The molecule has 0 aliphatic carbocycles. The molecule has 2 rings (SSSR count). The number of nitrogens with zero attached hydrogens (tertiary/aromatic N) is 1. The van der Waals surface area contributed by atoms with E-state index in [4.69, 9.17) is 10.1 Å². The van der Waals surface area contributed by atoms with Crippen molar-refractivity contribution in [3.05, 3.63) is 71.3 Å². The zero-order chi connectivity index (χ0) is 13.5. The summed E-state index contributed by atoms with van der Waals surface area (Å²) < 4.78 is 0. The molecule has 3 nitrogen and oxygen atoms in total. The van der Waals surface area contributed by atoms with Crippen molar-refractivity contribution in [3.8, 4) is 6.07 Å². The minimum atomic E-state index is 0.0389. The Morgan fingerprint density at radius 2 is 1.95 bits per heavy atom. The summed E-state index contributed by atoms with van der Waals surface area (Å²) in [5.74, 6) is 0. The molecule has 19 heavy (non-hydrogen) atoms. The third-order valence-corrected chi connectivity index (χ3v) is 2.86. The van der Waals surface area contributed by atoms with Crippen LogP contribution in [-0.4, -0.2) is 0 Å². The van der Waals surface area contributed by atoms with Crippen molar-refractivity contribution < 1.29 is 4.84 Å². The van der Waals surface area contributed by atoms with Gasteiger partial charge in [-0.3, -0.25) is 4.84 Å². The maximum Gasteiger partial charge on any atom is 0.0991 e. The Bertz CT molecular complexity index is 560. The predicted octanol–water partition coefficient (Wildman–Crippen LogP) is 3.34. The van der Waals surface area contributed by atoms with Crippen LogP contribution in [0.2, 0.25) is 0 Å². The van der Waals surface area contributed by atoms with Crippen molar-refractivity contribution >= 4 is 0 Å². The molecule has 0 saturated carbocycles.